The average Bonchev–Trinajstić information content (AvgIpc) is 3.19. The van der Waals surface area contributed by atoms with Gasteiger partial charge < -0.3 is 10.2 Å². The van der Waals surface area contributed by atoms with E-state index in [1.54, 1.807) is 11.9 Å². The van der Waals surface area contributed by atoms with Crippen molar-refractivity contribution in [2.24, 2.45) is 5.92 Å². The van der Waals surface area contributed by atoms with Crippen LogP contribution in [0.4, 0.5) is 13.2 Å². The summed E-state index contributed by atoms with van der Waals surface area (Å²) in [6.07, 6.45) is -1.73. The molecule has 2 aliphatic heterocycles. The highest BCUT2D eigenvalue weighted by molar-refractivity contribution is 5.84. The second-order valence-corrected chi connectivity index (χ2v) is 8.09. The van der Waals surface area contributed by atoms with Gasteiger partial charge in [0.05, 0.1) is 5.56 Å². The fourth-order valence-electron chi connectivity index (χ4n) is 4.96. The van der Waals surface area contributed by atoms with Crippen molar-refractivity contribution in [1.29, 1.82) is 0 Å². The van der Waals surface area contributed by atoms with Gasteiger partial charge in [-0.2, -0.15) is 13.2 Å². The molecule has 4 atom stereocenters. The summed E-state index contributed by atoms with van der Waals surface area (Å²) in [7, 11) is 1.79. The monoisotopic (exact) mass is 410 g/mol. The zero-order valence-corrected chi connectivity index (χ0v) is 16.2. The molecule has 0 bridgehead atoms. The number of hydrazine groups is 1. The van der Waals surface area contributed by atoms with Crippen LogP contribution < -0.4 is 10.7 Å². The first-order valence-electron chi connectivity index (χ1n) is 9.98. The number of carbonyl (C=O) groups excluding carboxylic acids is 2. The first-order chi connectivity index (χ1) is 13.8. The largest absolute Gasteiger partial charge is 0.416 e. The number of carbonyl (C=O) groups is 2. The molecule has 29 heavy (non-hydrogen) atoms. The van der Waals surface area contributed by atoms with Crippen molar-refractivity contribution in [1.82, 2.24) is 20.7 Å². The Balaban J connectivity index is 1.41. The number of amides is 2. The molecule has 1 aliphatic carbocycles. The lowest BCUT2D eigenvalue weighted by molar-refractivity contribution is -0.153. The van der Waals surface area contributed by atoms with Crippen molar-refractivity contribution in [3.8, 4) is 0 Å². The number of hydrogen-bond acceptors (Lipinski definition) is 4. The summed E-state index contributed by atoms with van der Waals surface area (Å²) in [4.78, 5) is 27.1. The third-order valence-corrected chi connectivity index (χ3v) is 6.46. The Morgan fingerprint density at radius 2 is 1.97 bits per heavy atom. The quantitative estimate of drug-likeness (QED) is 0.799. The van der Waals surface area contributed by atoms with E-state index in [1.807, 2.05) is 0 Å². The van der Waals surface area contributed by atoms with Crippen molar-refractivity contribution in [2.45, 2.75) is 56.5 Å². The van der Waals surface area contributed by atoms with Crippen LogP contribution in [-0.2, 0) is 22.3 Å². The van der Waals surface area contributed by atoms with Crippen molar-refractivity contribution in [3.63, 3.8) is 0 Å². The van der Waals surface area contributed by atoms with Gasteiger partial charge in [-0.05, 0) is 37.3 Å². The van der Waals surface area contributed by atoms with Gasteiger partial charge in [-0.3, -0.25) is 15.0 Å². The highest BCUT2D eigenvalue weighted by Gasteiger charge is 2.50. The number of fused-ring (bicyclic) bond motifs is 3. The van der Waals surface area contributed by atoms with E-state index < -0.39 is 11.7 Å². The molecule has 0 aromatic heterocycles. The molecule has 4 unspecified atom stereocenters. The smallest absolute Gasteiger partial charge is 0.352 e. The van der Waals surface area contributed by atoms with Gasteiger partial charge in [0, 0.05) is 38.1 Å². The average molecular weight is 410 g/mol. The molecular weight excluding hydrogens is 385 g/mol. The highest BCUT2D eigenvalue weighted by atomic mass is 19.4. The number of hydrogen-bond donors (Lipinski definition) is 2. The summed E-state index contributed by atoms with van der Waals surface area (Å²) in [6.45, 7) is 0.611. The van der Waals surface area contributed by atoms with Crippen LogP contribution in [0.5, 0.6) is 0 Å². The summed E-state index contributed by atoms with van der Waals surface area (Å²) in [5.74, 6) is -0.502. The predicted octanol–water partition coefficient (Wildman–Crippen LogP) is 1.91. The molecular formula is C20H25F3N4O2. The van der Waals surface area contributed by atoms with Crippen molar-refractivity contribution in [3.05, 3.63) is 35.4 Å². The van der Waals surface area contributed by atoms with Gasteiger partial charge >= 0.3 is 6.18 Å². The molecule has 158 valence electrons. The minimum absolute atomic E-state index is 0.0520. The zero-order valence-electron chi connectivity index (χ0n) is 16.2. The fourth-order valence-corrected chi connectivity index (χ4v) is 4.96. The van der Waals surface area contributed by atoms with E-state index in [1.165, 1.54) is 18.2 Å². The Kier molecular flexibility index (Phi) is 5.29. The molecule has 2 amide bonds. The van der Waals surface area contributed by atoms with Gasteiger partial charge in [0.2, 0.25) is 11.8 Å². The molecule has 2 saturated heterocycles. The molecule has 2 heterocycles. The maximum atomic E-state index is 13.1. The van der Waals surface area contributed by atoms with Crippen LogP contribution in [0.2, 0.25) is 0 Å². The number of benzene rings is 1. The molecule has 0 spiro atoms. The van der Waals surface area contributed by atoms with E-state index >= 15 is 0 Å². The molecule has 9 heteroatoms. The summed E-state index contributed by atoms with van der Waals surface area (Å²) < 4.78 is 39.4. The summed E-state index contributed by atoms with van der Waals surface area (Å²) in [5, 5.41) is 4.73. The summed E-state index contributed by atoms with van der Waals surface area (Å²) >= 11 is 0. The van der Waals surface area contributed by atoms with E-state index in [-0.39, 0.29) is 48.0 Å². The van der Waals surface area contributed by atoms with Crippen LogP contribution in [0.25, 0.3) is 0 Å². The first kappa shape index (κ1) is 20.2. The lowest BCUT2D eigenvalue weighted by Crippen LogP contribution is -2.67. The molecule has 2 N–H and O–H groups in total. The molecule has 1 saturated carbocycles. The molecule has 3 fully saturated rings. The maximum absolute atomic E-state index is 13.1. The van der Waals surface area contributed by atoms with E-state index in [0.717, 1.165) is 25.5 Å². The van der Waals surface area contributed by atoms with Crippen LogP contribution in [0.1, 0.15) is 36.8 Å². The van der Waals surface area contributed by atoms with Gasteiger partial charge in [0.15, 0.2) is 0 Å². The molecule has 1 aromatic carbocycles. The van der Waals surface area contributed by atoms with E-state index in [0.29, 0.717) is 12.8 Å². The van der Waals surface area contributed by atoms with Crippen molar-refractivity contribution < 1.29 is 22.8 Å². The summed E-state index contributed by atoms with van der Waals surface area (Å²) in [5.41, 5.74) is 2.62. The first-order valence-corrected chi connectivity index (χ1v) is 9.98. The van der Waals surface area contributed by atoms with E-state index in [2.05, 4.69) is 15.8 Å². The molecule has 1 aromatic rings. The zero-order chi connectivity index (χ0) is 20.8. The number of halogens is 3. The lowest BCUT2D eigenvalue weighted by Gasteiger charge is -2.50. The van der Waals surface area contributed by atoms with Crippen LogP contribution in [0.15, 0.2) is 24.3 Å². The van der Waals surface area contributed by atoms with Gasteiger partial charge in [0.25, 0.3) is 0 Å². The Labute approximate surface area is 167 Å². The molecule has 0 radical (unpaired) electrons. The second kappa shape index (κ2) is 7.60. The van der Waals surface area contributed by atoms with Gasteiger partial charge in [-0.25, -0.2) is 5.01 Å². The topological polar surface area (TPSA) is 64.7 Å². The molecule has 4 rings (SSSR count). The Bertz CT molecular complexity index is 800. The van der Waals surface area contributed by atoms with Gasteiger partial charge in [-0.1, -0.05) is 18.2 Å². The molecule has 3 aliphatic rings. The van der Waals surface area contributed by atoms with Gasteiger partial charge in [-0.15, -0.1) is 0 Å². The van der Waals surface area contributed by atoms with Crippen molar-refractivity contribution in [2.75, 3.05) is 13.6 Å². The number of nitrogens with one attached hydrogen (secondary N) is 2. The number of piperazine rings is 1. The third-order valence-electron chi connectivity index (χ3n) is 6.46. The minimum Gasteiger partial charge on any atom is -0.352 e. The minimum atomic E-state index is -4.45. The standard InChI is InChI=1S/C20H25F3N4O2/c1-26-17-10-12(6-7-15(17)27-16(19(26)29)8-9-25-27)18(28)24-11-13-4-2-3-5-14(13)20(21,22)23/h2-5,12,15-17,25H,6-11H2,1H3,(H,24,28). The SMILES string of the molecule is CN1C(=O)C2CCNN2C2CCC(C(=O)NCc3ccccc3C(F)(F)F)CC21. The number of nitrogens with zero attached hydrogens (tertiary/aromatic N) is 2. The van der Waals surface area contributed by atoms with Crippen LogP contribution in [0.3, 0.4) is 0 Å². The van der Waals surface area contributed by atoms with E-state index in [9.17, 15) is 22.8 Å². The van der Waals surface area contributed by atoms with Crippen LogP contribution in [-0.4, -0.2) is 53.4 Å². The van der Waals surface area contributed by atoms with E-state index in [4.69, 9.17) is 0 Å². The summed E-state index contributed by atoms with van der Waals surface area (Å²) in [6, 6.07) is 5.23. The van der Waals surface area contributed by atoms with Crippen LogP contribution in [0, 0.1) is 5.92 Å². The maximum Gasteiger partial charge on any atom is 0.416 e. The normalized spacial score (nSPS) is 30.1. The Morgan fingerprint density at radius 1 is 1.21 bits per heavy atom. The molecule has 6 nitrogen and oxygen atoms in total. The predicted molar refractivity (Wildman–Crippen MR) is 99.2 cm³/mol. The fraction of sp³-hybridized carbons (Fsp3) is 0.600. The Morgan fingerprint density at radius 3 is 2.72 bits per heavy atom. The third kappa shape index (κ3) is 3.73. The Hall–Kier alpha value is -2.13. The highest BCUT2D eigenvalue weighted by Crippen LogP contribution is 2.37. The number of alkyl halides is 3. The lowest BCUT2D eigenvalue weighted by atomic mass is 9.79. The van der Waals surface area contributed by atoms with Crippen LogP contribution >= 0.6 is 0 Å². The number of likely N-dealkylation sites (N-methyl/N-ethyl adjacent to an activating group) is 1. The van der Waals surface area contributed by atoms with Gasteiger partial charge in [0.1, 0.15) is 6.04 Å². The number of rotatable bonds is 3. The van der Waals surface area contributed by atoms with Crippen molar-refractivity contribution >= 4 is 11.8 Å². The second-order valence-electron chi connectivity index (χ2n) is 8.09.